The number of hydrogen-bond acceptors (Lipinski definition) is 3. The number of benzene rings is 1. The van der Waals surface area contributed by atoms with Gasteiger partial charge in [0.25, 0.3) is 0 Å². The number of piperidine rings is 1. The van der Waals surface area contributed by atoms with E-state index in [1.54, 1.807) is 0 Å². The fourth-order valence-electron chi connectivity index (χ4n) is 2.68. The standard InChI is InChI=1S/C17H27N3O/c1-3-10-18-15-8-11-20(12-9-15)13-17(21)19-16-6-4-14(2)5-7-16/h4-7,15,18H,3,8-13H2,1-2H3,(H,19,21). The zero-order valence-corrected chi connectivity index (χ0v) is 13.2. The highest BCUT2D eigenvalue weighted by molar-refractivity contribution is 5.92. The first-order valence-electron chi connectivity index (χ1n) is 7.99. The van der Waals surface area contributed by atoms with Crippen LogP contribution in [0.25, 0.3) is 0 Å². The zero-order valence-electron chi connectivity index (χ0n) is 13.2. The average Bonchev–Trinajstić information content (AvgIpc) is 2.49. The van der Waals surface area contributed by atoms with E-state index in [-0.39, 0.29) is 5.91 Å². The topological polar surface area (TPSA) is 44.4 Å². The van der Waals surface area contributed by atoms with Gasteiger partial charge >= 0.3 is 0 Å². The van der Waals surface area contributed by atoms with Gasteiger partial charge in [0.1, 0.15) is 0 Å². The van der Waals surface area contributed by atoms with Crippen LogP contribution in [0.3, 0.4) is 0 Å². The number of carbonyl (C=O) groups is 1. The van der Waals surface area contributed by atoms with E-state index in [9.17, 15) is 4.79 Å². The first kappa shape index (κ1) is 16.0. The van der Waals surface area contributed by atoms with E-state index in [1.165, 1.54) is 12.0 Å². The molecule has 1 saturated heterocycles. The Morgan fingerprint density at radius 3 is 2.52 bits per heavy atom. The maximum Gasteiger partial charge on any atom is 0.238 e. The summed E-state index contributed by atoms with van der Waals surface area (Å²) in [7, 11) is 0. The molecule has 0 unspecified atom stereocenters. The lowest BCUT2D eigenvalue weighted by Crippen LogP contribution is -2.45. The molecule has 4 nitrogen and oxygen atoms in total. The second kappa shape index (κ2) is 8.15. The molecule has 2 rings (SSSR count). The molecule has 1 aliphatic rings. The van der Waals surface area contributed by atoms with Crippen LogP contribution in [0.1, 0.15) is 31.7 Å². The first-order valence-corrected chi connectivity index (χ1v) is 7.99. The van der Waals surface area contributed by atoms with Crippen LogP contribution in [0.15, 0.2) is 24.3 Å². The first-order chi connectivity index (χ1) is 10.2. The normalized spacial score (nSPS) is 16.9. The summed E-state index contributed by atoms with van der Waals surface area (Å²) in [5.41, 5.74) is 2.08. The number of nitrogens with zero attached hydrogens (tertiary/aromatic N) is 1. The highest BCUT2D eigenvalue weighted by atomic mass is 16.2. The van der Waals surface area contributed by atoms with Crippen molar-refractivity contribution in [3.8, 4) is 0 Å². The van der Waals surface area contributed by atoms with E-state index >= 15 is 0 Å². The summed E-state index contributed by atoms with van der Waals surface area (Å²) in [5, 5.41) is 6.53. The number of nitrogens with one attached hydrogen (secondary N) is 2. The molecular formula is C17H27N3O. The Morgan fingerprint density at radius 2 is 1.90 bits per heavy atom. The molecule has 1 aromatic rings. The summed E-state index contributed by atoms with van der Waals surface area (Å²) in [6.45, 7) is 7.83. The number of anilines is 1. The van der Waals surface area contributed by atoms with Crippen LogP contribution >= 0.6 is 0 Å². The Bertz CT molecular complexity index is 436. The minimum atomic E-state index is 0.0822. The van der Waals surface area contributed by atoms with Gasteiger partial charge in [-0.25, -0.2) is 0 Å². The Hall–Kier alpha value is -1.39. The smallest absolute Gasteiger partial charge is 0.238 e. The monoisotopic (exact) mass is 289 g/mol. The molecule has 0 atom stereocenters. The molecule has 0 aliphatic carbocycles. The van der Waals surface area contributed by atoms with Gasteiger partial charge in [-0.15, -0.1) is 0 Å². The molecule has 1 aromatic carbocycles. The van der Waals surface area contributed by atoms with Crippen molar-refractivity contribution in [1.29, 1.82) is 0 Å². The third-order valence-electron chi connectivity index (χ3n) is 3.97. The number of likely N-dealkylation sites (tertiary alicyclic amines) is 1. The average molecular weight is 289 g/mol. The van der Waals surface area contributed by atoms with Crippen LogP contribution in [-0.4, -0.2) is 43.0 Å². The molecule has 0 saturated carbocycles. The molecular weight excluding hydrogens is 262 g/mol. The summed E-state index contributed by atoms with van der Waals surface area (Å²) in [5.74, 6) is 0.0822. The highest BCUT2D eigenvalue weighted by Crippen LogP contribution is 2.12. The number of carbonyl (C=O) groups excluding carboxylic acids is 1. The van der Waals surface area contributed by atoms with Crippen molar-refractivity contribution in [2.45, 2.75) is 39.2 Å². The second-order valence-electron chi connectivity index (χ2n) is 5.92. The largest absolute Gasteiger partial charge is 0.325 e. The molecule has 1 aliphatic heterocycles. The lowest BCUT2D eigenvalue weighted by molar-refractivity contribution is -0.117. The quantitative estimate of drug-likeness (QED) is 0.845. The van der Waals surface area contributed by atoms with Crippen LogP contribution in [-0.2, 0) is 4.79 Å². The predicted octanol–water partition coefficient (Wildman–Crippen LogP) is 2.40. The molecule has 1 heterocycles. The zero-order chi connectivity index (χ0) is 15.1. The Morgan fingerprint density at radius 1 is 1.24 bits per heavy atom. The SMILES string of the molecule is CCCNC1CCN(CC(=O)Nc2ccc(C)cc2)CC1. The van der Waals surface area contributed by atoms with Gasteiger partial charge in [0, 0.05) is 24.8 Å². The van der Waals surface area contributed by atoms with E-state index in [4.69, 9.17) is 0 Å². The van der Waals surface area contributed by atoms with Crippen LogP contribution in [0, 0.1) is 6.92 Å². The number of rotatable bonds is 6. The minimum Gasteiger partial charge on any atom is -0.325 e. The van der Waals surface area contributed by atoms with Crippen molar-refractivity contribution in [1.82, 2.24) is 10.2 Å². The number of amides is 1. The minimum absolute atomic E-state index is 0.0822. The summed E-state index contributed by atoms with van der Waals surface area (Å²) in [4.78, 5) is 14.3. The molecule has 116 valence electrons. The lowest BCUT2D eigenvalue weighted by Gasteiger charge is -2.31. The fraction of sp³-hybridized carbons (Fsp3) is 0.588. The van der Waals surface area contributed by atoms with Gasteiger partial charge in [0.05, 0.1) is 6.54 Å². The van der Waals surface area contributed by atoms with Gasteiger partial charge in [-0.2, -0.15) is 0 Å². The molecule has 0 radical (unpaired) electrons. The molecule has 1 fully saturated rings. The van der Waals surface area contributed by atoms with Crippen molar-refractivity contribution in [2.24, 2.45) is 0 Å². The molecule has 4 heteroatoms. The van der Waals surface area contributed by atoms with Gasteiger partial charge in [-0.3, -0.25) is 9.69 Å². The predicted molar refractivity (Wildman–Crippen MR) is 87.6 cm³/mol. The third kappa shape index (κ3) is 5.48. The lowest BCUT2D eigenvalue weighted by atomic mass is 10.0. The molecule has 21 heavy (non-hydrogen) atoms. The van der Waals surface area contributed by atoms with Gasteiger partial charge in [0.2, 0.25) is 5.91 Å². The van der Waals surface area contributed by atoms with Crippen LogP contribution < -0.4 is 10.6 Å². The van der Waals surface area contributed by atoms with Gasteiger partial charge < -0.3 is 10.6 Å². The Labute approximate surface area is 127 Å². The summed E-state index contributed by atoms with van der Waals surface area (Å²) in [6.07, 6.45) is 3.45. The van der Waals surface area contributed by atoms with E-state index in [0.29, 0.717) is 12.6 Å². The number of hydrogen-bond donors (Lipinski definition) is 2. The molecule has 1 amide bonds. The summed E-state index contributed by atoms with van der Waals surface area (Å²) >= 11 is 0. The Balaban J connectivity index is 1.70. The van der Waals surface area contributed by atoms with Crippen molar-refractivity contribution >= 4 is 11.6 Å². The van der Waals surface area contributed by atoms with Crippen molar-refractivity contribution < 1.29 is 4.79 Å². The van der Waals surface area contributed by atoms with Crippen molar-refractivity contribution in [2.75, 3.05) is 31.5 Å². The van der Waals surface area contributed by atoms with Crippen LogP contribution in [0.4, 0.5) is 5.69 Å². The number of aryl methyl sites for hydroxylation is 1. The van der Waals surface area contributed by atoms with Crippen LogP contribution in [0.5, 0.6) is 0 Å². The van der Waals surface area contributed by atoms with Gasteiger partial charge in [0.15, 0.2) is 0 Å². The maximum absolute atomic E-state index is 12.1. The second-order valence-corrected chi connectivity index (χ2v) is 5.92. The van der Waals surface area contributed by atoms with E-state index in [1.807, 2.05) is 31.2 Å². The third-order valence-corrected chi connectivity index (χ3v) is 3.97. The molecule has 0 aromatic heterocycles. The fourth-order valence-corrected chi connectivity index (χ4v) is 2.68. The summed E-state index contributed by atoms with van der Waals surface area (Å²) < 4.78 is 0. The maximum atomic E-state index is 12.1. The van der Waals surface area contributed by atoms with Gasteiger partial charge in [-0.05, 0) is 44.9 Å². The highest BCUT2D eigenvalue weighted by Gasteiger charge is 2.20. The van der Waals surface area contributed by atoms with Crippen molar-refractivity contribution in [3.63, 3.8) is 0 Å². The van der Waals surface area contributed by atoms with E-state index in [2.05, 4.69) is 22.5 Å². The Kier molecular flexibility index (Phi) is 6.21. The van der Waals surface area contributed by atoms with Crippen LogP contribution in [0.2, 0.25) is 0 Å². The van der Waals surface area contributed by atoms with E-state index < -0.39 is 0 Å². The molecule has 0 bridgehead atoms. The molecule has 2 N–H and O–H groups in total. The molecule has 0 spiro atoms. The van der Waals surface area contributed by atoms with Gasteiger partial charge in [-0.1, -0.05) is 24.6 Å². The summed E-state index contributed by atoms with van der Waals surface area (Å²) in [6, 6.07) is 8.56. The van der Waals surface area contributed by atoms with E-state index in [0.717, 1.165) is 38.2 Å². The van der Waals surface area contributed by atoms with Crippen molar-refractivity contribution in [3.05, 3.63) is 29.8 Å².